The number of amides is 2. The summed E-state index contributed by atoms with van der Waals surface area (Å²) < 4.78 is 21.8. The molecule has 0 bridgehead atoms. The molecule has 7 nitrogen and oxygen atoms in total. The second-order valence-corrected chi connectivity index (χ2v) is 13.0. The van der Waals surface area contributed by atoms with Crippen LogP contribution in [0.4, 0.5) is 4.39 Å². The number of carbonyl (C=O) groups excluding carboxylic acids is 2. The van der Waals surface area contributed by atoms with Gasteiger partial charge in [-0.3, -0.25) is 9.59 Å². The van der Waals surface area contributed by atoms with Crippen molar-refractivity contribution in [2.45, 2.75) is 57.7 Å². The third kappa shape index (κ3) is 4.84. The van der Waals surface area contributed by atoms with Crippen LogP contribution in [-0.4, -0.2) is 63.4 Å². The van der Waals surface area contributed by atoms with E-state index in [1.165, 1.54) is 0 Å². The Morgan fingerprint density at radius 1 is 0.927 bits per heavy atom. The van der Waals surface area contributed by atoms with Gasteiger partial charge in [-0.05, 0) is 81.8 Å². The highest BCUT2D eigenvalue weighted by molar-refractivity contribution is 7.18. The Kier molecular flexibility index (Phi) is 6.45. The van der Waals surface area contributed by atoms with E-state index >= 15 is 0 Å². The average molecular weight is 573 g/mol. The monoisotopic (exact) mass is 572 g/mol. The molecule has 2 aromatic heterocycles. The molecule has 41 heavy (non-hydrogen) atoms. The number of nitrogens with zero attached hydrogens (tertiary/aromatic N) is 4. The van der Waals surface area contributed by atoms with Gasteiger partial charge in [0, 0.05) is 37.0 Å². The molecule has 1 atom stereocenters. The molecule has 1 unspecified atom stereocenters. The van der Waals surface area contributed by atoms with Gasteiger partial charge in [0.05, 0.1) is 21.3 Å². The summed E-state index contributed by atoms with van der Waals surface area (Å²) in [5.41, 5.74) is 0.858. The van der Waals surface area contributed by atoms with Crippen molar-refractivity contribution in [1.29, 1.82) is 0 Å². The van der Waals surface area contributed by atoms with E-state index in [0.717, 1.165) is 34.5 Å². The SMILES string of the molecule is CC1(F)CC12CCN(C(=O)c1cc(C(=O)N3CCCCC3)c3cc(OCc4nc5ccccc5s4)ccc3n1)CC2. The maximum Gasteiger partial charge on any atom is 0.272 e. The van der Waals surface area contributed by atoms with Crippen LogP contribution < -0.4 is 4.74 Å². The van der Waals surface area contributed by atoms with Crippen LogP contribution in [0.1, 0.15) is 71.3 Å². The van der Waals surface area contributed by atoms with Gasteiger partial charge in [0.15, 0.2) is 0 Å². The number of hydrogen-bond acceptors (Lipinski definition) is 6. The Labute approximate surface area is 242 Å². The van der Waals surface area contributed by atoms with Crippen molar-refractivity contribution < 1.29 is 18.7 Å². The largest absolute Gasteiger partial charge is 0.486 e. The highest BCUT2D eigenvalue weighted by Gasteiger charge is 2.65. The van der Waals surface area contributed by atoms with Gasteiger partial charge in [-0.15, -0.1) is 11.3 Å². The summed E-state index contributed by atoms with van der Waals surface area (Å²) in [6, 6.07) is 15.1. The van der Waals surface area contributed by atoms with Crippen molar-refractivity contribution in [3.63, 3.8) is 0 Å². The zero-order chi connectivity index (χ0) is 28.2. The molecule has 7 rings (SSSR count). The number of benzene rings is 2. The van der Waals surface area contributed by atoms with Crippen molar-refractivity contribution in [2.24, 2.45) is 5.41 Å². The van der Waals surface area contributed by atoms with E-state index in [0.29, 0.717) is 74.3 Å². The summed E-state index contributed by atoms with van der Waals surface area (Å²) >= 11 is 1.60. The fraction of sp³-hybridized carbons (Fsp3) is 0.438. The first-order chi connectivity index (χ1) is 19.8. The van der Waals surface area contributed by atoms with Crippen LogP contribution in [0.5, 0.6) is 5.75 Å². The number of aromatic nitrogens is 2. The quantitative estimate of drug-likeness (QED) is 0.277. The molecule has 2 saturated heterocycles. The molecule has 4 heterocycles. The van der Waals surface area contributed by atoms with Crippen LogP contribution in [0.2, 0.25) is 0 Å². The standard InChI is InChI=1S/C32H33FN4O3S/c1-31(33)20-32(31)11-15-37(16-12-32)30(39)26-18-23(29(38)36-13-5-2-6-14-36)22-17-21(9-10-24(22)34-26)40-19-28-35-25-7-3-4-8-27(25)41-28/h3-4,7-10,17-18H,2,5-6,11-16,19-20H2,1H3. The fourth-order valence-electron chi connectivity index (χ4n) is 6.56. The number of piperidine rings is 2. The number of carbonyl (C=O) groups is 2. The second-order valence-electron chi connectivity index (χ2n) is 11.9. The predicted molar refractivity (Wildman–Crippen MR) is 157 cm³/mol. The lowest BCUT2D eigenvalue weighted by Gasteiger charge is -2.33. The number of thiazole rings is 1. The second kappa shape index (κ2) is 10.0. The van der Waals surface area contributed by atoms with Gasteiger partial charge in [-0.2, -0.15) is 0 Å². The van der Waals surface area contributed by atoms with Crippen LogP contribution in [0.3, 0.4) is 0 Å². The molecule has 4 aromatic rings. The van der Waals surface area contributed by atoms with Gasteiger partial charge >= 0.3 is 0 Å². The average Bonchev–Trinajstić information content (AvgIpc) is 3.30. The molecule has 0 radical (unpaired) electrons. The Hall–Kier alpha value is -3.59. The molecule has 212 valence electrons. The molecule has 0 N–H and O–H groups in total. The van der Waals surface area contributed by atoms with Crippen LogP contribution >= 0.6 is 11.3 Å². The topological polar surface area (TPSA) is 75.6 Å². The number of para-hydroxylation sites is 1. The van der Waals surface area contributed by atoms with Crippen LogP contribution in [0.25, 0.3) is 21.1 Å². The molecule has 1 aliphatic carbocycles. The zero-order valence-electron chi connectivity index (χ0n) is 23.2. The minimum atomic E-state index is -1.12. The highest BCUT2D eigenvalue weighted by Crippen LogP contribution is 2.64. The van der Waals surface area contributed by atoms with Crippen molar-refractivity contribution in [1.82, 2.24) is 19.8 Å². The van der Waals surface area contributed by atoms with E-state index in [9.17, 15) is 14.0 Å². The lowest BCUT2D eigenvalue weighted by atomic mass is 9.90. The summed E-state index contributed by atoms with van der Waals surface area (Å²) in [4.78, 5) is 40.4. The number of fused-ring (bicyclic) bond motifs is 2. The summed E-state index contributed by atoms with van der Waals surface area (Å²) in [6.07, 6.45) is 4.96. The van der Waals surface area contributed by atoms with Crippen LogP contribution in [-0.2, 0) is 6.61 Å². The Morgan fingerprint density at radius 3 is 2.39 bits per heavy atom. The number of ether oxygens (including phenoxy) is 1. The molecule has 2 amide bonds. The number of likely N-dealkylation sites (tertiary alicyclic amines) is 2. The van der Waals surface area contributed by atoms with Gasteiger partial charge in [-0.1, -0.05) is 12.1 Å². The Balaban J connectivity index is 1.17. The van der Waals surface area contributed by atoms with Gasteiger partial charge < -0.3 is 14.5 Å². The lowest BCUT2D eigenvalue weighted by Crippen LogP contribution is -2.41. The Morgan fingerprint density at radius 2 is 1.66 bits per heavy atom. The molecular formula is C32H33FN4O3S. The molecule has 9 heteroatoms. The number of hydrogen-bond donors (Lipinski definition) is 0. The molecule has 3 fully saturated rings. The van der Waals surface area contributed by atoms with E-state index in [4.69, 9.17) is 9.72 Å². The first kappa shape index (κ1) is 26.3. The smallest absolute Gasteiger partial charge is 0.272 e. The molecular weight excluding hydrogens is 539 g/mol. The normalized spacial score (nSPS) is 21.9. The first-order valence-corrected chi connectivity index (χ1v) is 15.3. The summed E-state index contributed by atoms with van der Waals surface area (Å²) in [7, 11) is 0. The number of rotatable bonds is 5. The molecule has 1 saturated carbocycles. The van der Waals surface area contributed by atoms with E-state index in [1.54, 1.807) is 29.2 Å². The van der Waals surface area contributed by atoms with Crippen molar-refractivity contribution in [3.8, 4) is 5.75 Å². The van der Waals surface area contributed by atoms with Crippen LogP contribution in [0, 0.1) is 5.41 Å². The fourth-order valence-corrected chi connectivity index (χ4v) is 7.44. The van der Waals surface area contributed by atoms with Crippen molar-refractivity contribution >= 4 is 44.3 Å². The van der Waals surface area contributed by atoms with Gasteiger partial charge in [-0.25, -0.2) is 14.4 Å². The summed E-state index contributed by atoms with van der Waals surface area (Å²) in [5.74, 6) is 0.329. The predicted octanol–water partition coefficient (Wildman–Crippen LogP) is 6.40. The van der Waals surface area contributed by atoms with E-state index < -0.39 is 5.67 Å². The van der Waals surface area contributed by atoms with Gasteiger partial charge in [0.2, 0.25) is 0 Å². The maximum absolute atomic E-state index is 14.5. The van der Waals surface area contributed by atoms with E-state index in [1.807, 2.05) is 47.4 Å². The zero-order valence-corrected chi connectivity index (χ0v) is 24.0. The van der Waals surface area contributed by atoms with Gasteiger partial charge in [0.25, 0.3) is 11.8 Å². The maximum atomic E-state index is 14.5. The minimum Gasteiger partial charge on any atom is -0.486 e. The highest BCUT2D eigenvalue weighted by atomic mass is 32.1. The lowest BCUT2D eigenvalue weighted by molar-refractivity contribution is 0.0628. The van der Waals surface area contributed by atoms with Crippen molar-refractivity contribution in [3.05, 3.63) is 64.8 Å². The summed E-state index contributed by atoms with van der Waals surface area (Å²) in [5, 5.41) is 1.54. The van der Waals surface area contributed by atoms with Crippen LogP contribution in [0.15, 0.2) is 48.5 Å². The molecule has 2 aromatic carbocycles. The summed E-state index contributed by atoms with van der Waals surface area (Å²) in [6.45, 7) is 4.41. The van der Waals surface area contributed by atoms with E-state index in [-0.39, 0.29) is 22.9 Å². The first-order valence-electron chi connectivity index (χ1n) is 14.5. The number of alkyl halides is 1. The molecule has 3 aliphatic rings. The van der Waals surface area contributed by atoms with E-state index in [2.05, 4.69) is 4.98 Å². The number of halogens is 1. The van der Waals surface area contributed by atoms with Gasteiger partial charge in [0.1, 0.15) is 28.7 Å². The minimum absolute atomic E-state index is 0.0850. The number of pyridine rings is 1. The molecule has 2 aliphatic heterocycles. The third-order valence-corrected chi connectivity index (χ3v) is 10.2. The Bertz CT molecular complexity index is 1620. The molecule has 1 spiro atoms. The third-order valence-electron chi connectivity index (χ3n) is 9.23. The van der Waals surface area contributed by atoms with Crippen molar-refractivity contribution in [2.75, 3.05) is 26.2 Å².